The van der Waals surface area contributed by atoms with Gasteiger partial charge in [0.25, 0.3) is 0 Å². The van der Waals surface area contributed by atoms with E-state index in [1.54, 1.807) is 0 Å². The Morgan fingerprint density at radius 1 is 1.46 bits per heavy atom. The van der Waals surface area contributed by atoms with Gasteiger partial charge in [0.15, 0.2) is 0 Å². The van der Waals surface area contributed by atoms with Crippen LogP contribution in [0.2, 0.25) is 0 Å². The van der Waals surface area contributed by atoms with Gasteiger partial charge < -0.3 is 11.1 Å². The van der Waals surface area contributed by atoms with E-state index in [0.717, 1.165) is 26.2 Å². The second-order valence-electron chi connectivity index (χ2n) is 3.92. The first-order valence-corrected chi connectivity index (χ1v) is 4.95. The van der Waals surface area contributed by atoms with Gasteiger partial charge in [0.2, 0.25) is 0 Å². The van der Waals surface area contributed by atoms with Crippen molar-refractivity contribution in [2.45, 2.75) is 18.6 Å². The third-order valence-electron chi connectivity index (χ3n) is 3.05. The minimum absolute atomic E-state index is 0.272. The minimum Gasteiger partial charge on any atom is -0.326 e. The molecule has 2 rings (SSSR count). The Balaban J connectivity index is 1.97. The zero-order chi connectivity index (χ0) is 9.26. The maximum atomic E-state index is 6.06. The molecule has 5 N–H and O–H groups in total. The van der Waals surface area contributed by atoms with Gasteiger partial charge in [-0.05, 0) is 13.0 Å². The topological polar surface area (TPSA) is 65.3 Å². The molecule has 2 heterocycles. The molecule has 76 valence electrons. The van der Waals surface area contributed by atoms with E-state index in [9.17, 15) is 0 Å². The van der Waals surface area contributed by atoms with Crippen molar-refractivity contribution in [3.05, 3.63) is 0 Å². The van der Waals surface area contributed by atoms with E-state index in [4.69, 9.17) is 5.73 Å². The number of rotatable bonds is 1. The largest absolute Gasteiger partial charge is 0.326 e. The molecule has 0 saturated carbocycles. The van der Waals surface area contributed by atoms with Crippen LogP contribution < -0.4 is 21.8 Å². The van der Waals surface area contributed by atoms with Crippen LogP contribution >= 0.6 is 0 Å². The average molecular weight is 185 g/mol. The summed E-state index contributed by atoms with van der Waals surface area (Å²) in [4.78, 5) is 0. The summed E-state index contributed by atoms with van der Waals surface area (Å²) in [5, 5.41) is 8.86. The third kappa shape index (κ3) is 1.84. The van der Waals surface area contributed by atoms with E-state index >= 15 is 0 Å². The third-order valence-corrected chi connectivity index (χ3v) is 3.05. The van der Waals surface area contributed by atoms with Crippen LogP contribution in [0, 0.1) is 5.92 Å². The fourth-order valence-corrected chi connectivity index (χ4v) is 2.24. The van der Waals surface area contributed by atoms with Crippen molar-refractivity contribution < 1.29 is 0 Å². The molecular weight excluding hydrogens is 166 g/mol. The summed E-state index contributed by atoms with van der Waals surface area (Å²) in [6.45, 7) is 2.89. The van der Waals surface area contributed by atoms with Crippen LogP contribution in [0.5, 0.6) is 0 Å². The van der Waals surface area contributed by atoms with Crippen molar-refractivity contribution in [2.75, 3.05) is 26.8 Å². The van der Waals surface area contributed by atoms with E-state index in [-0.39, 0.29) is 6.04 Å². The zero-order valence-electron chi connectivity index (χ0n) is 8.09. The van der Waals surface area contributed by atoms with Crippen molar-refractivity contribution >= 4 is 0 Å². The fourth-order valence-electron chi connectivity index (χ4n) is 2.24. The first-order chi connectivity index (χ1) is 6.29. The summed E-state index contributed by atoms with van der Waals surface area (Å²) in [6.07, 6.45) is 1.56. The summed E-state index contributed by atoms with van der Waals surface area (Å²) >= 11 is 0. The number of nitrogens with two attached hydrogens (primary N) is 1. The van der Waals surface area contributed by atoms with Crippen molar-refractivity contribution in [3.63, 3.8) is 0 Å². The summed E-state index contributed by atoms with van der Waals surface area (Å²) < 4.78 is 0. The predicted molar refractivity (Wildman–Crippen MR) is 51.6 cm³/mol. The van der Waals surface area contributed by atoms with Gasteiger partial charge in [-0.15, -0.1) is 0 Å². The average Bonchev–Trinajstić information content (AvgIpc) is 2.52. The van der Waals surface area contributed by atoms with E-state index in [1.165, 1.54) is 0 Å². The van der Waals surface area contributed by atoms with Crippen molar-refractivity contribution in [1.29, 1.82) is 0 Å². The number of nitrogens with zero attached hydrogens (tertiary/aromatic N) is 1. The highest BCUT2D eigenvalue weighted by molar-refractivity contribution is 4.89. The van der Waals surface area contributed by atoms with Crippen LogP contribution in [-0.2, 0) is 0 Å². The lowest BCUT2D eigenvalue weighted by atomic mass is 9.90. The summed E-state index contributed by atoms with van der Waals surface area (Å²) in [7, 11) is 2.07. The smallest absolute Gasteiger partial charge is 0.0784 e. The normalized spacial score (nSPS) is 42.5. The van der Waals surface area contributed by atoms with Gasteiger partial charge in [-0.25, -0.2) is 10.4 Å². The van der Waals surface area contributed by atoms with Crippen LogP contribution in [0.15, 0.2) is 0 Å². The number of nitrogens with one attached hydrogen (secondary N) is 3. The molecule has 0 aromatic rings. The minimum atomic E-state index is 0.272. The maximum Gasteiger partial charge on any atom is 0.0784 e. The Kier molecular flexibility index (Phi) is 2.80. The van der Waals surface area contributed by atoms with E-state index in [0.29, 0.717) is 12.1 Å². The van der Waals surface area contributed by atoms with Crippen LogP contribution in [0.1, 0.15) is 6.42 Å². The molecule has 0 aromatic heterocycles. The molecule has 0 aromatic carbocycles. The number of hydrogen-bond donors (Lipinski definition) is 4. The lowest BCUT2D eigenvalue weighted by Gasteiger charge is -2.36. The van der Waals surface area contributed by atoms with Crippen molar-refractivity contribution in [2.24, 2.45) is 11.7 Å². The first kappa shape index (κ1) is 9.36. The van der Waals surface area contributed by atoms with Gasteiger partial charge in [-0.3, -0.25) is 5.32 Å². The highest BCUT2D eigenvalue weighted by Crippen LogP contribution is 2.18. The van der Waals surface area contributed by atoms with E-state index < -0.39 is 0 Å². The van der Waals surface area contributed by atoms with Gasteiger partial charge in [0.05, 0.1) is 12.8 Å². The summed E-state index contributed by atoms with van der Waals surface area (Å²) in [5.74, 6) is 0.557. The molecule has 3 atom stereocenters. The van der Waals surface area contributed by atoms with Gasteiger partial charge in [0, 0.05) is 25.6 Å². The first-order valence-electron chi connectivity index (χ1n) is 4.95. The molecule has 2 aliphatic heterocycles. The maximum absolute atomic E-state index is 6.06. The van der Waals surface area contributed by atoms with Gasteiger partial charge in [0.1, 0.15) is 0 Å². The molecule has 0 aliphatic carbocycles. The molecule has 0 bridgehead atoms. The molecule has 0 spiro atoms. The van der Waals surface area contributed by atoms with Crippen LogP contribution in [-0.4, -0.2) is 44.0 Å². The molecule has 0 amide bonds. The number of piperidine rings is 1. The second-order valence-corrected chi connectivity index (χ2v) is 3.92. The monoisotopic (exact) mass is 185 g/mol. The molecule has 0 radical (unpaired) electrons. The van der Waals surface area contributed by atoms with Gasteiger partial charge >= 0.3 is 0 Å². The SMILES string of the molecule is CN1NCNC1C1CCNCC1N. The van der Waals surface area contributed by atoms with Crippen LogP contribution in [0.4, 0.5) is 0 Å². The molecule has 3 unspecified atom stereocenters. The lowest BCUT2D eigenvalue weighted by molar-refractivity contribution is 0.129. The Labute approximate surface area is 79.0 Å². The lowest BCUT2D eigenvalue weighted by Crippen LogP contribution is -2.56. The van der Waals surface area contributed by atoms with Crippen molar-refractivity contribution in [1.82, 2.24) is 21.1 Å². The highest BCUT2D eigenvalue weighted by Gasteiger charge is 2.34. The number of hydrazine groups is 1. The highest BCUT2D eigenvalue weighted by atomic mass is 15.6. The summed E-state index contributed by atoms with van der Waals surface area (Å²) in [6, 6.07) is 0.272. The molecule has 5 nitrogen and oxygen atoms in total. The molecule has 5 heteroatoms. The Morgan fingerprint density at radius 3 is 2.92 bits per heavy atom. The second kappa shape index (κ2) is 3.89. The molecule has 2 fully saturated rings. The van der Waals surface area contributed by atoms with Gasteiger partial charge in [-0.1, -0.05) is 0 Å². The van der Waals surface area contributed by atoms with Gasteiger partial charge in [-0.2, -0.15) is 0 Å². The standard InChI is InChI=1S/C8H19N5/c1-13-8(11-5-12-13)6-2-3-10-4-7(6)9/h6-8,10-12H,2-5,9H2,1H3. The Hall–Kier alpha value is -0.200. The predicted octanol–water partition coefficient (Wildman–Crippen LogP) is -1.75. The molecule has 13 heavy (non-hydrogen) atoms. The van der Waals surface area contributed by atoms with Crippen LogP contribution in [0.25, 0.3) is 0 Å². The quantitative estimate of drug-likeness (QED) is 0.390. The summed E-state index contributed by atoms with van der Waals surface area (Å²) in [5.41, 5.74) is 9.30. The van der Waals surface area contributed by atoms with E-state index in [1.807, 2.05) is 0 Å². The van der Waals surface area contributed by atoms with Crippen LogP contribution in [0.3, 0.4) is 0 Å². The van der Waals surface area contributed by atoms with Crippen molar-refractivity contribution in [3.8, 4) is 0 Å². The molecule has 2 saturated heterocycles. The Morgan fingerprint density at radius 2 is 2.31 bits per heavy atom. The zero-order valence-corrected chi connectivity index (χ0v) is 8.09. The molecule has 2 aliphatic rings. The molecular formula is C8H19N5. The fraction of sp³-hybridized carbons (Fsp3) is 1.00. The van der Waals surface area contributed by atoms with E-state index in [2.05, 4.69) is 28.1 Å². The Bertz CT molecular complexity index is 174. The number of hydrogen-bond acceptors (Lipinski definition) is 5.